The van der Waals surface area contributed by atoms with E-state index in [0.29, 0.717) is 5.56 Å². The summed E-state index contributed by atoms with van der Waals surface area (Å²) in [6.45, 7) is 1.45. The van der Waals surface area contributed by atoms with Crippen LogP contribution in [0, 0.1) is 0 Å². The van der Waals surface area contributed by atoms with Gasteiger partial charge in [0.1, 0.15) is 6.04 Å². The van der Waals surface area contributed by atoms with Gasteiger partial charge in [0.25, 0.3) is 11.5 Å². The molecule has 1 aromatic heterocycles. The highest BCUT2D eigenvalue weighted by atomic mass is 16.4. The van der Waals surface area contributed by atoms with Crippen molar-refractivity contribution in [3.05, 3.63) is 56.2 Å². The highest BCUT2D eigenvalue weighted by Gasteiger charge is 2.14. The third kappa shape index (κ3) is 4.86. The van der Waals surface area contributed by atoms with Gasteiger partial charge in [-0.15, -0.1) is 5.10 Å². The Morgan fingerprint density at radius 1 is 1.36 bits per heavy atom. The van der Waals surface area contributed by atoms with E-state index >= 15 is 0 Å². The molecule has 0 fully saturated rings. The standard InChI is InChI=1S/C14H14N6O5/c1-7(16-10-12(22)17-14(25)20-18-10)11(21)19-15-6-8-3-2-4-9(5-8)13(23)24/h2-7H,1H3,(H,16,18)(H,19,21)(H,23,24)(H2,17,20,22,25)/p-1/b15-6+. The van der Waals surface area contributed by atoms with Gasteiger partial charge in [0.2, 0.25) is 5.82 Å². The summed E-state index contributed by atoms with van der Waals surface area (Å²) in [5, 5.41) is 22.5. The minimum Gasteiger partial charge on any atom is -0.545 e. The predicted octanol–water partition coefficient (Wildman–Crippen LogP) is -2.23. The van der Waals surface area contributed by atoms with Crippen molar-refractivity contribution >= 4 is 23.9 Å². The first-order valence-electron chi connectivity index (χ1n) is 6.96. The quantitative estimate of drug-likeness (QED) is 0.339. The van der Waals surface area contributed by atoms with Crippen molar-refractivity contribution in [1.82, 2.24) is 20.6 Å². The Labute approximate surface area is 139 Å². The van der Waals surface area contributed by atoms with Crippen molar-refractivity contribution in [3.8, 4) is 0 Å². The predicted molar refractivity (Wildman–Crippen MR) is 85.1 cm³/mol. The van der Waals surface area contributed by atoms with E-state index in [0.717, 1.165) is 0 Å². The molecule has 11 heteroatoms. The van der Waals surface area contributed by atoms with E-state index in [-0.39, 0.29) is 11.4 Å². The first-order valence-corrected chi connectivity index (χ1v) is 6.96. The van der Waals surface area contributed by atoms with Crippen LogP contribution in [-0.4, -0.2) is 39.3 Å². The van der Waals surface area contributed by atoms with Gasteiger partial charge in [0, 0.05) is 0 Å². The number of amides is 1. The molecule has 0 bridgehead atoms. The molecular weight excluding hydrogens is 332 g/mol. The maximum atomic E-state index is 11.9. The Bertz CT molecular complexity index is 932. The van der Waals surface area contributed by atoms with Gasteiger partial charge < -0.3 is 15.2 Å². The summed E-state index contributed by atoms with van der Waals surface area (Å²) in [5.74, 6) is -2.14. The molecule has 1 atom stereocenters. The number of hydrogen-bond donors (Lipinski definition) is 4. The first kappa shape index (κ1) is 17.6. The summed E-state index contributed by atoms with van der Waals surface area (Å²) in [4.78, 5) is 46.9. The number of carbonyl (C=O) groups is 2. The number of rotatable bonds is 6. The molecule has 1 aromatic carbocycles. The van der Waals surface area contributed by atoms with Gasteiger partial charge in [-0.05, 0) is 24.1 Å². The number of carbonyl (C=O) groups excluding carboxylic acids is 2. The van der Waals surface area contributed by atoms with Crippen LogP contribution in [0.2, 0.25) is 0 Å². The van der Waals surface area contributed by atoms with Gasteiger partial charge in [-0.25, -0.2) is 15.3 Å². The molecule has 0 radical (unpaired) electrons. The summed E-state index contributed by atoms with van der Waals surface area (Å²) in [5.41, 5.74) is 1.11. The van der Waals surface area contributed by atoms with Crippen LogP contribution < -0.4 is 27.1 Å². The summed E-state index contributed by atoms with van der Waals surface area (Å²) < 4.78 is 0. The lowest BCUT2D eigenvalue weighted by atomic mass is 10.1. The third-order valence-electron chi connectivity index (χ3n) is 2.97. The largest absolute Gasteiger partial charge is 0.545 e. The fourth-order valence-corrected chi connectivity index (χ4v) is 1.73. The second-order valence-electron chi connectivity index (χ2n) is 4.87. The van der Waals surface area contributed by atoms with Crippen LogP contribution in [0.25, 0.3) is 0 Å². The number of carboxylic acid groups (broad SMARTS) is 1. The number of aromatic amines is 2. The monoisotopic (exact) mass is 345 g/mol. The van der Waals surface area contributed by atoms with E-state index in [9.17, 15) is 24.3 Å². The Balaban J connectivity index is 1.97. The lowest BCUT2D eigenvalue weighted by molar-refractivity contribution is -0.255. The number of carboxylic acids is 1. The number of aromatic carboxylic acids is 1. The van der Waals surface area contributed by atoms with Crippen LogP contribution in [0.15, 0.2) is 39.0 Å². The number of H-pyrrole nitrogens is 2. The number of benzene rings is 1. The van der Waals surface area contributed by atoms with E-state index in [1.807, 2.05) is 10.1 Å². The van der Waals surface area contributed by atoms with E-state index in [1.54, 1.807) is 6.07 Å². The molecule has 0 saturated heterocycles. The maximum absolute atomic E-state index is 11.9. The van der Waals surface area contributed by atoms with Crippen molar-refractivity contribution in [2.24, 2.45) is 5.10 Å². The number of hydrazone groups is 1. The summed E-state index contributed by atoms with van der Waals surface area (Å²) in [6.07, 6.45) is 1.25. The molecule has 1 unspecified atom stereocenters. The van der Waals surface area contributed by atoms with Crippen molar-refractivity contribution < 1.29 is 14.7 Å². The van der Waals surface area contributed by atoms with Gasteiger partial charge in [0.05, 0.1) is 12.2 Å². The Morgan fingerprint density at radius 2 is 2.12 bits per heavy atom. The summed E-state index contributed by atoms with van der Waals surface area (Å²) in [7, 11) is 0. The maximum Gasteiger partial charge on any atom is 0.342 e. The van der Waals surface area contributed by atoms with E-state index < -0.39 is 29.2 Å². The molecule has 2 rings (SSSR count). The summed E-state index contributed by atoms with van der Waals surface area (Å²) >= 11 is 0. The van der Waals surface area contributed by atoms with Crippen LogP contribution >= 0.6 is 0 Å². The molecule has 130 valence electrons. The molecule has 1 amide bonds. The molecule has 4 N–H and O–H groups in total. The fourth-order valence-electron chi connectivity index (χ4n) is 1.73. The zero-order chi connectivity index (χ0) is 18.4. The molecule has 0 aliphatic carbocycles. The number of nitrogens with zero attached hydrogens (tertiary/aromatic N) is 2. The fraction of sp³-hybridized carbons (Fsp3) is 0.143. The average molecular weight is 345 g/mol. The van der Waals surface area contributed by atoms with E-state index in [1.165, 1.54) is 31.3 Å². The van der Waals surface area contributed by atoms with Crippen molar-refractivity contribution in [2.45, 2.75) is 13.0 Å². The van der Waals surface area contributed by atoms with Crippen LogP contribution in [0.4, 0.5) is 5.82 Å². The van der Waals surface area contributed by atoms with Crippen molar-refractivity contribution in [1.29, 1.82) is 0 Å². The molecule has 2 aromatic rings. The smallest absolute Gasteiger partial charge is 0.342 e. The van der Waals surface area contributed by atoms with Crippen LogP contribution in [0.3, 0.4) is 0 Å². The van der Waals surface area contributed by atoms with Gasteiger partial charge in [-0.1, -0.05) is 18.2 Å². The topological polar surface area (TPSA) is 172 Å². The number of hydrogen-bond acceptors (Lipinski definition) is 8. The van der Waals surface area contributed by atoms with Gasteiger partial charge in [-0.2, -0.15) is 5.10 Å². The van der Waals surface area contributed by atoms with Gasteiger partial charge >= 0.3 is 5.69 Å². The lowest BCUT2D eigenvalue weighted by Crippen LogP contribution is -2.38. The molecule has 11 nitrogen and oxygen atoms in total. The highest BCUT2D eigenvalue weighted by molar-refractivity contribution is 5.90. The van der Waals surface area contributed by atoms with Crippen LogP contribution in [0.5, 0.6) is 0 Å². The van der Waals surface area contributed by atoms with Gasteiger partial charge in [-0.3, -0.25) is 14.6 Å². The van der Waals surface area contributed by atoms with Crippen LogP contribution in [0.1, 0.15) is 22.8 Å². The third-order valence-corrected chi connectivity index (χ3v) is 2.97. The lowest BCUT2D eigenvalue weighted by Gasteiger charge is -2.11. The molecule has 25 heavy (non-hydrogen) atoms. The Hall–Kier alpha value is -3.76. The normalized spacial score (nSPS) is 11.9. The van der Waals surface area contributed by atoms with Crippen LogP contribution in [-0.2, 0) is 4.79 Å². The first-order chi connectivity index (χ1) is 11.9. The second-order valence-corrected chi connectivity index (χ2v) is 4.87. The second kappa shape index (κ2) is 7.68. The SMILES string of the molecule is CC(Nc1n[nH]c(=O)[nH]c1=O)C(=O)N/N=C/c1cccc(C(=O)[O-])c1. The molecule has 0 saturated carbocycles. The van der Waals surface area contributed by atoms with Gasteiger partial charge in [0.15, 0.2) is 0 Å². The molecular formula is C14H13N6O5-. The molecule has 0 aliphatic rings. The average Bonchev–Trinajstić information content (AvgIpc) is 2.57. The van der Waals surface area contributed by atoms with E-state index in [2.05, 4.69) is 20.9 Å². The minimum absolute atomic E-state index is 0.0197. The zero-order valence-corrected chi connectivity index (χ0v) is 12.9. The molecule has 1 heterocycles. The van der Waals surface area contributed by atoms with E-state index in [4.69, 9.17) is 0 Å². The summed E-state index contributed by atoms with van der Waals surface area (Å²) in [6, 6.07) is 4.91. The van der Waals surface area contributed by atoms with Crippen molar-refractivity contribution in [2.75, 3.05) is 5.32 Å². The molecule has 0 aliphatic heterocycles. The molecule has 0 spiro atoms. The minimum atomic E-state index is -1.32. The number of anilines is 1. The Kier molecular flexibility index (Phi) is 5.40. The number of nitrogens with one attached hydrogen (secondary N) is 4. The zero-order valence-electron chi connectivity index (χ0n) is 12.9. The Morgan fingerprint density at radius 3 is 2.80 bits per heavy atom. The van der Waals surface area contributed by atoms with Crippen molar-refractivity contribution in [3.63, 3.8) is 0 Å². The highest BCUT2D eigenvalue weighted by Crippen LogP contribution is 2.02. The number of aromatic nitrogens is 3.